The molecule has 1 aliphatic rings. The van der Waals surface area contributed by atoms with Gasteiger partial charge in [-0.05, 0) is 19.9 Å². The van der Waals surface area contributed by atoms with Gasteiger partial charge in [0.2, 0.25) is 0 Å². The number of nitro groups is 1. The third-order valence-electron chi connectivity index (χ3n) is 2.87. The highest BCUT2D eigenvalue weighted by Gasteiger charge is 2.46. The first kappa shape index (κ1) is 15.1. The number of carbonyl (C=O) groups excluding carboxylic acids is 2. The van der Waals surface area contributed by atoms with Gasteiger partial charge in [-0.3, -0.25) is 14.9 Å². The number of hydrogen-bond donors (Lipinski definition) is 0. The van der Waals surface area contributed by atoms with Gasteiger partial charge in [0.1, 0.15) is 5.60 Å². The first-order chi connectivity index (χ1) is 8.79. The number of rotatable bonds is 5. The molecule has 0 aromatic rings. The summed E-state index contributed by atoms with van der Waals surface area (Å²) in [6.07, 6.45) is 3.30. The molecular formula is C12H17NO6. The Morgan fingerprint density at radius 1 is 1.58 bits per heavy atom. The van der Waals surface area contributed by atoms with Crippen molar-refractivity contribution in [3.63, 3.8) is 0 Å². The van der Waals surface area contributed by atoms with Gasteiger partial charge in [-0.15, -0.1) is 0 Å². The third kappa shape index (κ3) is 3.77. The van der Waals surface area contributed by atoms with Crippen LogP contribution in [0.3, 0.4) is 0 Å². The Kier molecular flexibility index (Phi) is 4.63. The van der Waals surface area contributed by atoms with Crippen LogP contribution in [-0.4, -0.2) is 35.1 Å². The van der Waals surface area contributed by atoms with E-state index < -0.39 is 34.4 Å². The molecular weight excluding hydrogens is 254 g/mol. The van der Waals surface area contributed by atoms with Gasteiger partial charge in [-0.1, -0.05) is 6.08 Å². The van der Waals surface area contributed by atoms with Crippen molar-refractivity contribution in [1.82, 2.24) is 0 Å². The molecule has 0 heterocycles. The minimum absolute atomic E-state index is 0.0841. The zero-order valence-electron chi connectivity index (χ0n) is 11.1. The average Bonchev–Trinajstić information content (AvgIpc) is 2.59. The molecule has 0 radical (unpaired) electrons. The molecule has 0 fully saturated rings. The van der Waals surface area contributed by atoms with Gasteiger partial charge >= 0.3 is 18.0 Å². The molecule has 0 amide bonds. The second-order valence-electron chi connectivity index (χ2n) is 4.62. The average molecular weight is 271 g/mol. The lowest BCUT2D eigenvalue weighted by molar-refractivity contribution is -0.517. The van der Waals surface area contributed by atoms with Crippen molar-refractivity contribution in [2.45, 2.75) is 38.8 Å². The monoisotopic (exact) mass is 271 g/mol. The van der Waals surface area contributed by atoms with Crippen LogP contribution in [0.25, 0.3) is 0 Å². The fourth-order valence-electron chi connectivity index (χ4n) is 2.20. The summed E-state index contributed by atoms with van der Waals surface area (Å²) >= 11 is 0. The Morgan fingerprint density at radius 3 is 2.68 bits per heavy atom. The van der Waals surface area contributed by atoms with Crippen molar-refractivity contribution >= 4 is 11.9 Å². The van der Waals surface area contributed by atoms with E-state index in [4.69, 9.17) is 9.47 Å². The standard InChI is InChI=1S/C12H17NO6/c1-4-18-11(15)10(13(16)17)9-5-6-12(3,7-9)19-8(2)14/h5-6,9-10H,4,7H2,1-3H3/t9-,10?,12+/m0/s1. The molecule has 106 valence electrons. The second-order valence-corrected chi connectivity index (χ2v) is 4.62. The van der Waals surface area contributed by atoms with Gasteiger partial charge in [-0.2, -0.15) is 0 Å². The Morgan fingerprint density at radius 2 is 2.21 bits per heavy atom. The van der Waals surface area contributed by atoms with Gasteiger partial charge in [0.25, 0.3) is 0 Å². The van der Waals surface area contributed by atoms with Crippen LogP contribution in [0.1, 0.15) is 27.2 Å². The summed E-state index contributed by atoms with van der Waals surface area (Å²) < 4.78 is 9.80. The maximum Gasteiger partial charge on any atom is 0.382 e. The van der Waals surface area contributed by atoms with E-state index in [-0.39, 0.29) is 13.0 Å². The van der Waals surface area contributed by atoms with E-state index in [1.807, 2.05) is 0 Å². The van der Waals surface area contributed by atoms with Crippen LogP contribution in [0.15, 0.2) is 12.2 Å². The highest BCUT2D eigenvalue weighted by molar-refractivity contribution is 5.75. The van der Waals surface area contributed by atoms with Crippen LogP contribution in [0.4, 0.5) is 0 Å². The van der Waals surface area contributed by atoms with E-state index in [0.29, 0.717) is 0 Å². The maximum atomic E-state index is 11.6. The van der Waals surface area contributed by atoms with Gasteiger partial charge in [-0.25, -0.2) is 4.79 Å². The van der Waals surface area contributed by atoms with Crippen molar-refractivity contribution in [2.24, 2.45) is 5.92 Å². The van der Waals surface area contributed by atoms with Crippen molar-refractivity contribution in [2.75, 3.05) is 6.61 Å². The molecule has 0 aromatic heterocycles. The summed E-state index contributed by atoms with van der Waals surface area (Å²) in [4.78, 5) is 32.9. The summed E-state index contributed by atoms with van der Waals surface area (Å²) in [5.74, 6) is -1.98. The number of nitrogens with zero attached hydrogens (tertiary/aromatic N) is 1. The largest absolute Gasteiger partial charge is 0.461 e. The van der Waals surface area contributed by atoms with E-state index in [1.165, 1.54) is 13.0 Å². The summed E-state index contributed by atoms with van der Waals surface area (Å²) in [6, 6.07) is -1.46. The molecule has 7 nitrogen and oxygen atoms in total. The zero-order valence-corrected chi connectivity index (χ0v) is 11.1. The van der Waals surface area contributed by atoms with Gasteiger partial charge < -0.3 is 9.47 Å². The molecule has 0 saturated heterocycles. The van der Waals surface area contributed by atoms with E-state index in [0.717, 1.165) is 0 Å². The third-order valence-corrected chi connectivity index (χ3v) is 2.87. The molecule has 1 unspecified atom stereocenters. The number of ether oxygens (including phenoxy) is 2. The highest BCUT2D eigenvalue weighted by Crippen LogP contribution is 2.34. The number of carbonyl (C=O) groups is 2. The smallest absolute Gasteiger partial charge is 0.382 e. The van der Waals surface area contributed by atoms with Gasteiger partial charge in [0.05, 0.1) is 12.5 Å². The van der Waals surface area contributed by atoms with Crippen molar-refractivity contribution < 1.29 is 24.0 Å². The van der Waals surface area contributed by atoms with Gasteiger partial charge in [0, 0.05) is 18.3 Å². The fourth-order valence-corrected chi connectivity index (χ4v) is 2.20. The van der Waals surface area contributed by atoms with Crippen LogP contribution in [-0.2, 0) is 19.1 Å². The molecule has 0 N–H and O–H groups in total. The SMILES string of the molecule is CCOC(=O)C([C@H]1C=C[C@@](C)(OC(C)=O)C1)[N+](=O)[O-]. The first-order valence-electron chi connectivity index (χ1n) is 5.98. The predicted molar refractivity (Wildman–Crippen MR) is 64.8 cm³/mol. The van der Waals surface area contributed by atoms with E-state index >= 15 is 0 Å². The topological polar surface area (TPSA) is 95.7 Å². The lowest BCUT2D eigenvalue weighted by atomic mass is 9.94. The van der Waals surface area contributed by atoms with Crippen LogP contribution in [0.5, 0.6) is 0 Å². The molecule has 1 aliphatic carbocycles. The fraction of sp³-hybridized carbons (Fsp3) is 0.667. The van der Waals surface area contributed by atoms with Crippen molar-refractivity contribution in [3.05, 3.63) is 22.3 Å². The normalized spacial score (nSPS) is 26.8. The molecule has 1 rings (SSSR count). The molecule has 0 aromatic carbocycles. The minimum Gasteiger partial charge on any atom is -0.461 e. The Hall–Kier alpha value is -1.92. The Labute approximate surface area is 110 Å². The Bertz CT molecular complexity index is 418. The zero-order chi connectivity index (χ0) is 14.6. The lowest BCUT2D eigenvalue weighted by Gasteiger charge is -2.23. The quantitative estimate of drug-likeness (QED) is 0.321. The predicted octanol–water partition coefficient (Wildman–Crippen LogP) is 1.09. The highest BCUT2D eigenvalue weighted by atomic mass is 16.6. The number of esters is 2. The van der Waals surface area contributed by atoms with Crippen molar-refractivity contribution in [3.8, 4) is 0 Å². The van der Waals surface area contributed by atoms with E-state index in [1.54, 1.807) is 19.9 Å². The van der Waals surface area contributed by atoms with Crippen LogP contribution < -0.4 is 0 Å². The Balaban J connectivity index is 2.80. The molecule has 3 atom stereocenters. The van der Waals surface area contributed by atoms with Crippen LogP contribution >= 0.6 is 0 Å². The summed E-state index contributed by atoms with van der Waals surface area (Å²) in [5.41, 5.74) is -0.906. The van der Waals surface area contributed by atoms with Gasteiger partial charge in [0.15, 0.2) is 0 Å². The van der Waals surface area contributed by atoms with Crippen LogP contribution in [0.2, 0.25) is 0 Å². The molecule has 0 bridgehead atoms. The minimum atomic E-state index is -1.46. The summed E-state index contributed by atoms with van der Waals surface area (Å²) in [5, 5.41) is 11.0. The van der Waals surface area contributed by atoms with E-state index in [2.05, 4.69) is 0 Å². The lowest BCUT2D eigenvalue weighted by Crippen LogP contribution is -2.39. The molecule has 7 heteroatoms. The molecule has 0 spiro atoms. The molecule has 0 saturated carbocycles. The molecule has 19 heavy (non-hydrogen) atoms. The van der Waals surface area contributed by atoms with Crippen molar-refractivity contribution in [1.29, 1.82) is 0 Å². The summed E-state index contributed by atoms with van der Waals surface area (Å²) in [6.45, 7) is 4.58. The second kappa shape index (κ2) is 5.81. The maximum absolute atomic E-state index is 11.6. The first-order valence-corrected chi connectivity index (χ1v) is 5.98. The molecule has 0 aliphatic heterocycles. The summed E-state index contributed by atoms with van der Waals surface area (Å²) in [7, 11) is 0. The van der Waals surface area contributed by atoms with Crippen LogP contribution in [0, 0.1) is 16.0 Å². The van der Waals surface area contributed by atoms with E-state index in [9.17, 15) is 19.7 Å². The number of hydrogen-bond acceptors (Lipinski definition) is 6.